The van der Waals surface area contributed by atoms with E-state index in [1.807, 2.05) is 17.9 Å². The lowest BCUT2D eigenvalue weighted by Gasteiger charge is -2.04. The second-order valence-corrected chi connectivity index (χ2v) is 4.13. The van der Waals surface area contributed by atoms with Crippen molar-refractivity contribution in [1.29, 1.82) is 0 Å². The van der Waals surface area contributed by atoms with E-state index < -0.39 is 0 Å². The summed E-state index contributed by atoms with van der Waals surface area (Å²) in [7, 11) is 1.95. The first-order valence-corrected chi connectivity index (χ1v) is 5.57. The SMILES string of the molecule is CCCCOCc1c(I)cnn1C. The summed E-state index contributed by atoms with van der Waals surface area (Å²) in [5.41, 5.74) is 1.16. The molecule has 1 heterocycles. The van der Waals surface area contributed by atoms with Gasteiger partial charge < -0.3 is 4.74 Å². The maximum Gasteiger partial charge on any atom is 0.0895 e. The highest BCUT2D eigenvalue weighted by atomic mass is 127. The van der Waals surface area contributed by atoms with Crippen LogP contribution in [0.3, 0.4) is 0 Å². The number of aromatic nitrogens is 2. The zero-order valence-corrected chi connectivity index (χ0v) is 10.2. The van der Waals surface area contributed by atoms with E-state index in [4.69, 9.17) is 4.74 Å². The molecule has 0 atom stereocenters. The number of nitrogens with zero attached hydrogens (tertiary/aromatic N) is 2. The molecule has 4 heteroatoms. The molecule has 3 nitrogen and oxygen atoms in total. The Morgan fingerprint density at radius 1 is 1.62 bits per heavy atom. The molecule has 0 N–H and O–H groups in total. The molecule has 0 spiro atoms. The Kier molecular flexibility index (Phi) is 4.72. The lowest BCUT2D eigenvalue weighted by Crippen LogP contribution is -2.03. The van der Waals surface area contributed by atoms with Crippen molar-refractivity contribution in [3.05, 3.63) is 15.5 Å². The van der Waals surface area contributed by atoms with Gasteiger partial charge in [0.05, 0.1) is 22.1 Å². The van der Waals surface area contributed by atoms with Gasteiger partial charge in [-0.15, -0.1) is 0 Å². The molecule has 0 radical (unpaired) electrons. The Morgan fingerprint density at radius 2 is 2.38 bits per heavy atom. The predicted octanol–water partition coefficient (Wildman–Crippen LogP) is 2.34. The summed E-state index contributed by atoms with van der Waals surface area (Å²) < 4.78 is 8.56. The van der Waals surface area contributed by atoms with Crippen molar-refractivity contribution >= 4 is 22.6 Å². The third kappa shape index (κ3) is 3.27. The molecule has 0 aliphatic carbocycles. The predicted molar refractivity (Wildman–Crippen MR) is 60.5 cm³/mol. The van der Waals surface area contributed by atoms with Gasteiger partial charge in [-0.3, -0.25) is 4.68 Å². The van der Waals surface area contributed by atoms with Crippen LogP contribution in [0.25, 0.3) is 0 Å². The molecule has 13 heavy (non-hydrogen) atoms. The van der Waals surface area contributed by atoms with Gasteiger partial charge in [-0.05, 0) is 29.0 Å². The molecule has 0 saturated carbocycles. The molecule has 0 aliphatic heterocycles. The van der Waals surface area contributed by atoms with Crippen LogP contribution >= 0.6 is 22.6 Å². The number of rotatable bonds is 5. The van der Waals surface area contributed by atoms with Gasteiger partial charge in [0, 0.05) is 13.7 Å². The van der Waals surface area contributed by atoms with Crippen molar-refractivity contribution < 1.29 is 4.74 Å². The zero-order valence-electron chi connectivity index (χ0n) is 8.09. The minimum atomic E-state index is 0.675. The van der Waals surface area contributed by atoms with E-state index in [0.717, 1.165) is 18.7 Å². The Balaban J connectivity index is 2.36. The Morgan fingerprint density at radius 3 is 2.92 bits per heavy atom. The van der Waals surface area contributed by atoms with Crippen molar-refractivity contribution in [2.75, 3.05) is 6.61 Å². The summed E-state index contributed by atoms with van der Waals surface area (Å²) in [4.78, 5) is 0. The quantitative estimate of drug-likeness (QED) is 0.615. The highest BCUT2D eigenvalue weighted by molar-refractivity contribution is 14.1. The smallest absolute Gasteiger partial charge is 0.0895 e. The highest BCUT2D eigenvalue weighted by Gasteiger charge is 2.04. The first-order chi connectivity index (χ1) is 6.25. The standard InChI is InChI=1S/C9H15IN2O/c1-3-4-5-13-7-9-8(10)6-11-12(9)2/h6H,3-5,7H2,1-2H3. The third-order valence-electron chi connectivity index (χ3n) is 1.89. The topological polar surface area (TPSA) is 27.1 Å². The van der Waals surface area contributed by atoms with Crippen LogP contribution in [0, 0.1) is 3.57 Å². The van der Waals surface area contributed by atoms with Crippen LogP contribution in [0.4, 0.5) is 0 Å². The largest absolute Gasteiger partial charge is 0.375 e. The first kappa shape index (κ1) is 11.0. The van der Waals surface area contributed by atoms with Gasteiger partial charge in [0.1, 0.15) is 0 Å². The van der Waals surface area contributed by atoms with Gasteiger partial charge in [0.2, 0.25) is 0 Å². The fourth-order valence-corrected chi connectivity index (χ4v) is 1.64. The lowest BCUT2D eigenvalue weighted by atomic mass is 10.4. The molecule has 1 rings (SSSR count). The lowest BCUT2D eigenvalue weighted by molar-refractivity contribution is 0.112. The van der Waals surface area contributed by atoms with E-state index in [-0.39, 0.29) is 0 Å². The van der Waals surface area contributed by atoms with Gasteiger partial charge in [-0.1, -0.05) is 13.3 Å². The van der Waals surface area contributed by atoms with Crippen LogP contribution < -0.4 is 0 Å². The number of unbranched alkanes of at least 4 members (excludes halogenated alkanes) is 1. The highest BCUT2D eigenvalue weighted by Crippen LogP contribution is 2.11. The van der Waals surface area contributed by atoms with Crippen LogP contribution in [0.5, 0.6) is 0 Å². The first-order valence-electron chi connectivity index (χ1n) is 4.49. The van der Waals surface area contributed by atoms with Gasteiger partial charge in [-0.25, -0.2) is 0 Å². The summed E-state index contributed by atoms with van der Waals surface area (Å²) in [6, 6.07) is 0. The maximum atomic E-state index is 5.51. The summed E-state index contributed by atoms with van der Waals surface area (Å²) in [5.74, 6) is 0. The average molecular weight is 294 g/mol. The van der Waals surface area contributed by atoms with Crippen LogP contribution in [-0.2, 0) is 18.4 Å². The van der Waals surface area contributed by atoms with Crippen LogP contribution in [-0.4, -0.2) is 16.4 Å². The Labute approximate surface area is 92.6 Å². The monoisotopic (exact) mass is 294 g/mol. The van der Waals surface area contributed by atoms with E-state index in [1.165, 1.54) is 9.99 Å². The van der Waals surface area contributed by atoms with Crippen molar-refractivity contribution in [3.63, 3.8) is 0 Å². The molecule has 0 aliphatic rings. The summed E-state index contributed by atoms with van der Waals surface area (Å²) in [5, 5.41) is 4.14. The van der Waals surface area contributed by atoms with Crippen molar-refractivity contribution in [1.82, 2.24) is 9.78 Å². The molecule has 0 bridgehead atoms. The molecule has 0 aromatic carbocycles. The third-order valence-corrected chi connectivity index (χ3v) is 2.79. The normalized spacial score (nSPS) is 10.7. The number of aryl methyl sites for hydroxylation is 1. The molecule has 74 valence electrons. The minimum absolute atomic E-state index is 0.675. The van der Waals surface area contributed by atoms with Crippen molar-refractivity contribution in [2.24, 2.45) is 7.05 Å². The van der Waals surface area contributed by atoms with Crippen LogP contribution in [0.1, 0.15) is 25.5 Å². The van der Waals surface area contributed by atoms with Crippen LogP contribution in [0.15, 0.2) is 6.20 Å². The van der Waals surface area contributed by atoms with Crippen molar-refractivity contribution in [3.8, 4) is 0 Å². The van der Waals surface area contributed by atoms with Crippen LogP contribution in [0.2, 0.25) is 0 Å². The van der Waals surface area contributed by atoms with Gasteiger partial charge in [-0.2, -0.15) is 5.10 Å². The van der Waals surface area contributed by atoms with E-state index in [2.05, 4.69) is 34.6 Å². The average Bonchev–Trinajstić information content (AvgIpc) is 2.42. The molecule has 0 amide bonds. The maximum absolute atomic E-state index is 5.51. The molecule has 0 saturated heterocycles. The molecule has 1 aromatic rings. The molecular weight excluding hydrogens is 279 g/mol. The second-order valence-electron chi connectivity index (χ2n) is 2.97. The fraction of sp³-hybridized carbons (Fsp3) is 0.667. The fourth-order valence-electron chi connectivity index (χ4n) is 1.01. The number of ether oxygens (including phenoxy) is 1. The second kappa shape index (κ2) is 5.59. The molecule has 0 fully saturated rings. The summed E-state index contributed by atoms with van der Waals surface area (Å²) >= 11 is 2.28. The molecular formula is C9H15IN2O. The van der Waals surface area contributed by atoms with Gasteiger partial charge in [0.15, 0.2) is 0 Å². The number of halogens is 1. The summed E-state index contributed by atoms with van der Waals surface area (Å²) in [6.45, 7) is 3.68. The summed E-state index contributed by atoms with van der Waals surface area (Å²) in [6.07, 6.45) is 4.18. The minimum Gasteiger partial charge on any atom is -0.375 e. The van der Waals surface area contributed by atoms with E-state index in [9.17, 15) is 0 Å². The van der Waals surface area contributed by atoms with Crippen molar-refractivity contribution in [2.45, 2.75) is 26.4 Å². The van der Waals surface area contributed by atoms with E-state index >= 15 is 0 Å². The van der Waals surface area contributed by atoms with E-state index in [0.29, 0.717) is 6.61 Å². The number of hydrogen-bond donors (Lipinski definition) is 0. The Hall–Kier alpha value is -0.100. The van der Waals surface area contributed by atoms with E-state index in [1.54, 1.807) is 0 Å². The molecule has 0 unspecified atom stereocenters. The zero-order chi connectivity index (χ0) is 9.68. The van der Waals surface area contributed by atoms with Gasteiger partial charge in [0.25, 0.3) is 0 Å². The number of hydrogen-bond acceptors (Lipinski definition) is 2. The Bertz CT molecular complexity index is 241. The molecule has 1 aromatic heterocycles. The van der Waals surface area contributed by atoms with Gasteiger partial charge >= 0.3 is 0 Å².